The fourth-order valence-corrected chi connectivity index (χ4v) is 3.05. The molecular formula is C19H28Cl2N4O2. The standard InChI is InChI=1S/C19H26N4O2.2ClH/c1-23-13-12-21-18(23)14-25-17-5-3-16(4-6-17)22-19(24)7-2-15-8-10-20-11-9-15;;/h3-6,12-13,15,20H,2,7-11,14H2,1H3,(H,22,24);2*1H. The minimum Gasteiger partial charge on any atom is -0.486 e. The molecule has 1 aliphatic heterocycles. The Hall–Kier alpha value is -1.76. The van der Waals surface area contributed by atoms with Gasteiger partial charge in [0.05, 0.1) is 0 Å². The molecule has 150 valence electrons. The van der Waals surface area contributed by atoms with E-state index in [1.165, 1.54) is 12.8 Å². The summed E-state index contributed by atoms with van der Waals surface area (Å²) in [5.74, 6) is 2.39. The third-order valence-electron chi connectivity index (χ3n) is 4.67. The zero-order valence-corrected chi connectivity index (χ0v) is 17.2. The number of anilines is 1. The van der Waals surface area contributed by atoms with Gasteiger partial charge >= 0.3 is 0 Å². The number of hydrogen-bond donors (Lipinski definition) is 2. The molecule has 0 bridgehead atoms. The van der Waals surface area contributed by atoms with Gasteiger partial charge in [0.15, 0.2) is 0 Å². The summed E-state index contributed by atoms with van der Waals surface area (Å²) < 4.78 is 7.64. The first-order chi connectivity index (χ1) is 12.2. The van der Waals surface area contributed by atoms with Gasteiger partial charge in [-0.1, -0.05) is 0 Å². The monoisotopic (exact) mass is 414 g/mol. The van der Waals surface area contributed by atoms with Gasteiger partial charge in [-0.2, -0.15) is 0 Å². The number of aryl methyl sites for hydroxylation is 1. The summed E-state index contributed by atoms with van der Waals surface area (Å²) in [5.41, 5.74) is 0.805. The molecule has 3 rings (SSSR count). The van der Waals surface area contributed by atoms with E-state index in [2.05, 4.69) is 15.6 Å². The summed E-state index contributed by atoms with van der Waals surface area (Å²) in [6.07, 6.45) is 7.55. The van der Waals surface area contributed by atoms with E-state index in [4.69, 9.17) is 4.74 Å². The first-order valence-corrected chi connectivity index (χ1v) is 8.90. The van der Waals surface area contributed by atoms with Crippen molar-refractivity contribution in [3.63, 3.8) is 0 Å². The number of aromatic nitrogens is 2. The van der Waals surface area contributed by atoms with Crippen molar-refractivity contribution in [3.8, 4) is 5.75 Å². The average Bonchev–Trinajstić information content (AvgIpc) is 3.05. The van der Waals surface area contributed by atoms with Gasteiger partial charge in [-0.15, -0.1) is 24.8 Å². The van der Waals surface area contributed by atoms with Crippen molar-refractivity contribution in [2.24, 2.45) is 13.0 Å². The summed E-state index contributed by atoms with van der Waals surface area (Å²) >= 11 is 0. The maximum absolute atomic E-state index is 12.1. The van der Waals surface area contributed by atoms with Crippen LogP contribution in [0, 0.1) is 5.92 Å². The number of piperidine rings is 1. The lowest BCUT2D eigenvalue weighted by atomic mass is 9.93. The van der Waals surface area contributed by atoms with E-state index in [1.807, 2.05) is 42.1 Å². The first kappa shape index (κ1) is 23.3. The van der Waals surface area contributed by atoms with Gasteiger partial charge in [-0.05, 0) is 62.5 Å². The van der Waals surface area contributed by atoms with Gasteiger partial charge < -0.3 is 19.9 Å². The molecule has 0 atom stereocenters. The second-order valence-electron chi connectivity index (χ2n) is 6.55. The number of amides is 1. The van der Waals surface area contributed by atoms with Crippen LogP contribution >= 0.6 is 24.8 Å². The highest BCUT2D eigenvalue weighted by molar-refractivity contribution is 5.90. The molecule has 0 radical (unpaired) electrons. The number of nitrogens with zero attached hydrogens (tertiary/aromatic N) is 2. The largest absolute Gasteiger partial charge is 0.486 e. The van der Waals surface area contributed by atoms with Crippen LogP contribution in [0.3, 0.4) is 0 Å². The van der Waals surface area contributed by atoms with Crippen molar-refractivity contribution in [1.29, 1.82) is 0 Å². The van der Waals surface area contributed by atoms with Gasteiger partial charge in [-0.25, -0.2) is 4.98 Å². The predicted molar refractivity (Wildman–Crippen MR) is 112 cm³/mol. The van der Waals surface area contributed by atoms with Crippen LogP contribution in [-0.2, 0) is 18.4 Å². The minimum absolute atomic E-state index is 0. The van der Waals surface area contributed by atoms with Gasteiger partial charge in [-0.3, -0.25) is 4.79 Å². The minimum atomic E-state index is 0. The smallest absolute Gasteiger partial charge is 0.224 e. The molecule has 0 saturated carbocycles. The molecule has 1 aromatic heterocycles. The number of halogens is 2. The molecule has 1 aliphatic rings. The number of rotatable bonds is 7. The zero-order chi connectivity index (χ0) is 17.5. The highest BCUT2D eigenvalue weighted by atomic mass is 35.5. The molecule has 0 unspecified atom stereocenters. The van der Waals surface area contributed by atoms with Crippen LogP contribution in [0.4, 0.5) is 5.69 Å². The summed E-state index contributed by atoms with van der Waals surface area (Å²) in [6, 6.07) is 7.48. The highest BCUT2D eigenvalue weighted by Crippen LogP contribution is 2.20. The Kier molecular flexibility index (Phi) is 10.2. The maximum Gasteiger partial charge on any atom is 0.224 e. The third-order valence-corrected chi connectivity index (χ3v) is 4.67. The molecule has 1 amide bonds. The van der Waals surface area contributed by atoms with Crippen LogP contribution in [0.1, 0.15) is 31.5 Å². The fraction of sp³-hybridized carbons (Fsp3) is 0.474. The number of carbonyl (C=O) groups excluding carboxylic acids is 1. The maximum atomic E-state index is 12.1. The molecule has 0 spiro atoms. The van der Waals surface area contributed by atoms with Crippen molar-refractivity contribution >= 4 is 36.4 Å². The van der Waals surface area contributed by atoms with E-state index in [-0.39, 0.29) is 30.7 Å². The van der Waals surface area contributed by atoms with Gasteiger partial charge in [0.2, 0.25) is 5.91 Å². The molecule has 1 fully saturated rings. The molecule has 2 heterocycles. The van der Waals surface area contributed by atoms with Crippen molar-refractivity contribution in [2.45, 2.75) is 32.3 Å². The Bertz CT molecular complexity index is 685. The van der Waals surface area contributed by atoms with Gasteiger partial charge in [0, 0.05) is 31.5 Å². The van der Waals surface area contributed by atoms with Crippen LogP contribution in [0.2, 0.25) is 0 Å². The van der Waals surface area contributed by atoms with E-state index in [0.29, 0.717) is 18.9 Å². The van der Waals surface area contributed by atoms with Crippen LogP contribution in [0.5, 0.6) is 5.75 Å². The molecule has 8 heteroatoms. The summed E-state index contributed by atoms with van der Waals surface area (Å²) in [6.45, 7) is 2.57. The van der Waals surface area contributed by atoms with Crippen molar-refractivity contribution in [3.05, 3.63) is 42.5 Å². The quantitative estimate of drug-likeness (QED) is 0.726. The lowest BCUT2D eigenvalue weighted by Gasteiger charge is -2.22. The third kappa shape index (κ3) is 7.40. The Morgan fingerprint density at radius 3 is 2.59 bits per heavy atom. The Morgan fingerprint density at radius 1 is 1.26 bits per heavy atom. The Balaban J connectivity index is 0.00000182. The molecule has 1 saturated heterocycles. The second kappa shape index (κ2) is 11.8. The van der Waals surface area contributed by atoms with E-state index in [1.54, 1.807) is 6.20 Å². The first-order valence-electron chi connectivity index (χ1n) is 8.90. The molecule has 0 aliphatic carbocycles. The van der Waals surface area contributed by atoms with E-state index in [0.717, 1.165) is 36.8 Å². The van der Waals surface area contributed by atoms with Crippen LogP contribution in [-0.4, -0.2) is 28.5 Å². The average molecular weight is 415 g/mol. The van der Waals surface area contributed by atoms with E-state index >= 15 is 0 Å². The molecular weight excluding hydrogens is 387 g/mol. The fourth-order valence-electron chi connectivity index (χ4n) is 3.05. The lowest BCUT2D eigenvalue weighted by Crippen LogP contribution is -2.28. The number of hydrogen-bond acceptors (Lipinski definition) is 4. The lowest BCUT2D eigenvalue weighted by molar-refractivity contribution is -0.116. The molecule has 1 aromatic carbocycles. The zero-order valence-electron chi connectivity index (χ0n) is 15.5. The topological polar surface area (TPSA) is 68.2 Å². The number of nitrogens with one attached hydrogen (secondary N) is 2. The summed E-state index contributed by atoms with van der Waals surface area (Å²) in [5, 5.41) is 6.31. The van der Waals surface area contributed by atoms with Crippen LogP contribution < -0.4 is 15.4 Å². The van der Waals surface area contributed by atoms with E-state index in [9.17, 15) is 4.79 Å². The van der Waals surface area contributed by atoms with Gasteiger partial charge in [0.1, 0.15) is 18.2 Å². The van der Waals surface area contributed by atoms with Crippen molar-refractivity contribution in [2.75, 3.05) is 18.4 Å². The van der Waals surface area contributed by atoms with Crippen molar-refractivity contribution < 1.29 is 9.53 Å². The molecule has 6 nitrogen and oxygen atoms in total. The highest BCUT2D eigenvalue weighted by Gasteiger charge is 2.14. The van der Waals surface area contributed by atoms with Crippen molar-refractivity contribution in [1.82, 2.24) is 14.9 Å². The van der Waals surface area contributed by atoms with E-state index < -0.39 is 0 Å². The van der Waals surface area contributed by atoms with Crippen LogP contribution in [0.15, 0.2) is 36.7 Å². The number of imidazole rings is 1. The number of ether oxygens (including phenoxy) is 1. The Morgan fingerprint density at radius 2 is 1.96 bits per heavy atom. The summed E-state index contributed by atoms with van der Waals surface area (Å²) in [4.78, 5) is 16.3. The predicted octanol–water partition coefficient (Wildman–Crippen LogP) is 3.56. The molecule has 2 N–H and O–H groups in total. The molecule has 27 heavy (non-hydrogen) atoms. The van der Waals surface area contributed by atoms with Gasteiger partial charge in [0.25, 0.3) is 0 Å². The number of benzene rings is 1. The second-order valence-corrected chi connectivity index (χ2v) is 6.55. The normalized spacial score (nSPS) is 14.0. The summed E-state index contributed by atoms with van der Waals surface area (Å²) in [7, 11) is 1.94. The Labute approximate surface area is 172 Å². The van der Waals surface area contributed by atoms with Crippen LogP contribution in [0.25, 0.3) is 0 Å². The number of carbonyl (C=O) groups is 1. The SMILES string of the molecule is Cl.Cl.Cn1ccnc1COc1ccc(NC(=O)CCC2CCNCC2)cc1. The molecule has 2 aromatic rings.